The van der Waals surface area contributed by atoms with Crippen molar-refractivity contribution >= 4 is 38.1 Å². The first kappa shape index (κ1) is 12.5. The van der Waals surface area contributed by atoms with Crippen molar-refractivity contribution in [1.82, 2.24) is 0 Å². The molecule has 0 radical (unpaired) electrons. The summed E-state index contributed by atoms with van der Waals surface area (Å²) in [5.41, 5.74) is 2.42. The largest absolute Gasteiger partial charge is 0.298 e. The normalized spacial score (nSPS) is 21.2. The van der Waals surface area contributed by atoms with E-state index < -0.39 is 0 Å². The Bertz CT molecular complexity index is 1140. The molecule has 0 N–H and O–H groups in total. The van der Waals surface area contributed by atoms with E-state index in [4.69, 9.17) is 0 Å². The minimum Gasteiger partial charge on any atom is -0.298 e. The summed E-state index contributed by atoms with van der Waals surface area (Å²) < 4.78 is 0. The van der Waals surface area contributed by atoms with E-state index in [1.807, 2.05) is 0 Å². The summed E-state index contributed by atoms with van der Waals surface area (Å²) in [6, 6.07) is 22.0. The third kappa shape index (κ3) is 1.47. The molecule has 0 heterocycles. The predicted octanol–water partition coefficient (Wildman–Crippen LogP) is 5.47. The molecule has 0 saturated carbocycles. The molecule has 1 heteroatoms. The number of carbonyl (C=O) groups excluding carboxylic acids is 1. The second-order valence-corrected chi connectivity index (χ2v) is 6.97. The monoisotopic (exact) mass is 306 g/mol. The summed E-state index contributed by atoms with van der Waals surface area (Å²) in [4.78, 5) is 12.3. The summed E-state index contributed by atoms with van der Waals surface area (Å²) in [6.45, 7) is 0. The smallest absolute Gasteiger partial charge is 0.155 e. The molecule has 0 unspecified atom stereocenters. The highest BCUT2D eigenvalue weighted by molar-refractivity contribution is 6.08. The lowest BCUT2D eigenvalue weighted by Gasteiger charge is -2.12. The molecule has 2 atom stereocenters. The van der Waals surface area contributed by atoms with Crippen LogP contribution in [0.4, 0.5) is 0 Å². The fourth-order valence-electron chi connectivity index (χ4n) is 4.44. The van der Waals surface area contributed by atoms with Crippen LogP contribution >= 0.6 is 0 Å². The van der Waals surface area contributed by atoms with Crippen molar-refractivity contribution in [2.24, 2.45) is 0 Å². The first-order chi connectivity index (χ1) is 11.8. The van der Waals surface area contributed by atoms with E-state index in [2.05, 4.69) is 72.8 Å². The summed E-state index contributed by atoms with van der Waals surface area (Å²) in [6.07, 6.45) is 4.13. The molecule has 4 aromatic carbocycles. The maximum atomic E-state index is 12.3. The molecular formula is C23H14O. The Kier molecular flexibility index (Phi) is 2.15. The van der Waals surface area contributed by atoms with Crippen LogP contribution in [0.5, 0.6) is 0 Å². The van der Waals surface area contributed by atoms with Crippen molar-refractivity contribution in [3.05, 3.63) is 83.9 Å². The molecule has 0 amide bonds. The molecule has 6 rings (SSSR count). The number of carbonyl (C=O) groups is 1. The number of hydrogen-bond donors (Lipinski definition) is 0. The highest BCUT2D eigenvalue weighted by Crippen LogP contribution is 2.47. The number of Topliss-reactive ketones (excluding diaryl/α,β-unsaturated/α-hetero) is 1. The Labute approximate surface area is 139 Å². The lowest BCUT2D eigenvalue weighted by Crippen LogP contribution is -2.00. The Morgan fingerprint density at radius 1 is 0.542 bits per heavy atom. The topological polar surface area (TPSA) is 17.1 Å². The second kappa shape index (κ2) is 4.12. The van der Waals surface area contributed by atoms with Crippen LogP contribution in [0.25, 0.3) is 32.3 Å². The summed E-state index contributed by atoms with van der Waals surface area (Å²) in [7, 11) is 0. The Hall–Kier alpha value is -2.93. The summed E-state index contributed by atoms with van der Waals surface area (Å²) in [5.74, 6) is 0.319. The van der Waals surface area contributed by atoms with Crippen LogP contribution in [-0.2, 0) is 4.79 Å². The number of fused-ring (bicyclic) bond motifs is 8. The Morgan fingerprint density at radius 2 is 0.958 bits per heavy atom. The van der Waals surface area contributed by atoms with Gasteiger partial charge < -0.3 is 0 Å². The first-order valence-electron chi connectivity index (χ1n) is 8.40. The van der Waals surface area contributed by atoms with Crippen LogP contribution < -0.4 is 0 Å². The van der Waals surface area contributed by atoms with E-state index in [0.717, 1.165) is 0 Å². The molecule has 112 valence electrons. The molecule has 0 aliphatic heterocycles. The van der Waals surface area contributed by atoms with Gasteiger partial charge in [0.1, 0.15) is 0 Å². The van der Waals surface area contributed by atoms with Gasteiger partial charge in [-0.05, 0) is 79.8 Å². The van der Waals surface area contributed by atoms with Crippen molar-refractivity contribution in [3.63, 3.8) is 0 Å². The van der Waals surface area contributed by atoms with Crippen molar-refractivity contribution in [2.75, 3.05) is 0 Å². The van der Waals surface area contributed by atoms with Crippen LogP contribution in [0, 0.1) is 0 Å². The molecule has 4 aromatic rings. The van der Waals surface area contributed by atoms with Gasteiger partial charge in [0.15, 0.2) is 5.78 Å². The Morgan fingerprint density at radius 3 is 1.46 bits per heavy atom. The average molecular weight is 306 g/mol. The molecule has 1 nitrogen and oxygen atoms in total. The van der Waals surface area contributed by atoms with E-state index in [9.17, 15) is 4.79 Å². The van der Waals surface area contributed by atoms with Gasteiger partial charge in [0, 0.05) is 0 Å². The standard InChI is InChI=1S/C23H14O/c24-23-19-5-6-20(23)22-12-18-10-16-8-14-4-2-1-3-13(14)7-15(16)9-17(18)11-21(19)22/h1-12,19-20H/t19-,20-/m1/s1. The average Bonchev–Trinajstić information content (AvgIpc) is 3.09. The van der Waals surface area contributed by atoms with Crippen molar-refractivity contribution in [2.45, 2.75) is 11.8 Å². The van der Waals surface area contributed by atoms with Crippen LogP contribution in [0.1, 0.15) is 23.0 Å². The zero-order valence-corrected chi connectivity index (χ0v) is 13.0. The van der Waals surface area contributed by atoms with Gasteiger partial charge in [-0.25, -0.2) is 0 Å². The lowest BCUT2D eigenvalue weighted by atomic mass is 9.91. The number of allylic oxidation sites excluding steroid dienone is 2. The fourth-order valence-corrected chi connectivity index (χ4v) is 4.44. The molecule has 2 aliphatic carbocycles. The number of ketones is 1. The van der Waals surface area contributed by atoms with Gasteiger partial charge >= 0.3 is 0 Å². The van der Waals surface area contributed by atoms with Crippen LogP contribution in [0.15, 0.2) is 72.8 Å². The van der Waals surface area contributed by atoms with Gasteiger partial charge in [-0.2, -0.15) is 0 Å². The highest BCUT2D eigenvalue weighted by Gasteiger charge is 2.40. The molecule has 0 spiro atoms. The zero-order chi connectivity index (χ0) is 15.8. The minimum absolute atomic E-state index is 0.0123. The van der Waals surface area contributed by atoms with Crippen LogP contribution in [0.2, 0.25) is 0 Å². The van der Waals surface area contributed by atoms with Gasteiger partial charge in [0.05, 0.1) is 11.8 Å². The third-order valence-electron chi connectivity index (χ3n) is 5.64. The third-order valence-corrected chi connectivity index (χ3v) is 5.64. The highest BCUT2D eigenvalue weighted by atomic mass is 16.1. The number of benzene rings is 4. The SMILES string of the molecule is O=C1[C@@H]2C=C[C@@H]1c1cc3cc4cc5ccccc5cc4cc3cc12. The zero-order valence-electron chi connectivity index (χ0n) is 13.0. The van der Waals surface area contributed by atoms with Crippen molar-refractivity contribution in [3.8, 4) is 0 Å². The quantitative estimate of drug-likeness (QED) is 0.311. The van der Waals surface area contributed by atoms with E-state index in [-0.39, 0.29) is 11.8 Å². The molecule has 0 aromatic heterocycles. The molecule has 24 heavy (non-hydrogen) atoms. The molecule has 2 aliphatic rings. The van der Waals surface area contributed by atoms with E-state index in [1.54, 1.807) is 0 Å². The molecular weight excluding hydrogens is 292 g/mol. The van der Waals surface area contributed by atoms with Crippen LogP contribution in [-0.4, -0.2) is 5.78 Å². The first-order valence-corrected chi connectivity index (χ1v) is 8.40. The molecule has 0 fully saturated rings. The van der Waals surface area contributed by atoms with Gasteiger partial charge in [-0.15, -0.1) is 0 Å². The van der Waals surface area contributed by atoms with E-state index in [1.165, 1.54) is 43.4 Å². The minimum atomic E-state index is -0.0123. The summed E-state index contributed by atoms with van der Waals surface area (Å²) >= 11 is 0. The van der Waals surface area contributed by atoms with Gasteiger partial charge in [0.2, 0.25) is 0 Å². The second-order valence-electron chi connectivity index (χ2n) is 6.97. The molecule has 0 saturated heterocycles. The van der Waals surface area contributed by atoms with Crippen molar-refractivity contribution < 1.29 is 4.79 Å². The van der Waals surface area contributed by atoms with Crippen LogP contribution in [0.3, 0.4) is 0 Å². The van der Waals surface area contributed by atoms with Crippen molar-refractivity contribution in [1.29, 1.82) is 0 Å². The van der Waals surface area contributed by atoms with E-state index >= 15 is 0 Å². The molecule has 2 bridgehead atoms. The van der Waals surface area contributed by atoms with Gasteiger partial charge in [0.25, 0.3) is 0 Å². The lowest BCUT2D eigenvalue weighted by molar-refractivity contribution is -0.118. The maximum Gasteiger partial charge on any atom is 0.155 e. The predicted molar refractivity (Wildman–Crippen MR) is 98.6 cm³/mol. The summed E-state index contributed by atoms with van der Waals surface area (Å²) in [5, 5.41) is 7.50. The Balaban J connectivity index is 1.69. The van der Waals surface area contributed by atoms with Gasteiger partial charge in [-0.1, -0.05) is 36.4 Å². The van der Waals surface area contributed by atoms with E-state index in [0.29, 0.717) is 5.78 Å². The fraction of sp³-hybridized carbons (Fsp3) is 0.0870. The van der Waals surface area contributed by atoms with Gasteiger partial charge in [-0.3, -0.25) is 4.79 Å². The number of hydrogen-bond acceptors (Lipinski definition) is 1. The maximum absolute atomic E-state index is 12.3. The number of rotatable bonds is 0.